The topological polar surface area (TPSA) is 110 Å². The van der Waals surface area contributed by atoms with Crippen LogP contribution in [0, 0.1) is 23.0 Å². The van der Waals surface area contributed by atoms with E-state index >= 15 is 0 Å². The number of nitrogens with zero attached hydrogens (tertiary/aromatic N) is 1. The lowest BCUT2D eigenvalue weighted by molar-refractivity contribution is -0.385. The van der Waals surface area contributed by atoms with Crippen LogP contribution in [0.25, 0.3) is 0 Å². The van der Waals surface area contributed by atoms with Gasteiger partial charge in [0.05, 0.1) is 11.3 Å². The second kappa shape index (κ2) is 7.53. The molecule has 1 aromatic rings. The summed E-state index contributed by atoms with van der Waals surface area (Å²) in [6, 6.07) is 3.55. The quantitative estimate of drug-likeness (QED) is 0.592. The molecule has 0 radical (unpaired) electrons. The SMILES string of the molecule is Cc1c(CC(=O)N[C@@H](CC(C)C)C(=O)O)cccc1[N+](=O)[O-]. The summed E-state index contributed by atoms with van der Waals surface area (Å²) >= 11 is 0. The van der Waals surface area contributed by atoms with Crippen LogP contribution in [-0.4, -0.2) is 27.9 Å². The smallest absolute Gasteiger partial charge is 0.326 e. The fourth-order valence-electron chi connectivity index (χ4n) is 2.17. The number of carboxylic acid groups (broad SMARTS) is 1. The van der Waals surface area contributed by atoms with Gasteiger partial charge in [0.25, 0.3) is 5.69 Å². The normalized spacial score (nSPS) is 12.0. The molecule has 22 heavy (non-hydrogen) atoms. The van der Waals surface area contributed by atoms with Crippen LogP contribution >= 0.6 is 0 Å². The predicted octanol–water partition coefficient (Wildman–Crippen LogP) is 2.06. The molecule has 0 saturated heterocycles. The number of nitrogens with one attached hydrogen (secondary N) is 1. The molecule has 2 N–H and O–H groups in total. The van der Waals surface area contributed by atoms with E-state index in [9.17, 15) is 19.7 Å². The first-order chi connectivity index (χ1) is 10.2. The van der Waals surface area contributed by atoms with Crippen LogP contribution in [0.4, 0.5) is 5.69 Å². The lowest BCUT2D eigenvalue weighted by Crippen LogP contribution is -2.42. The number of hydrogen-bond donors (Lipinski definition) is 2. The summed E-state index contributed by atoms with van der Waals surface area (Å²) in [5.74, 6) is -1.42. The number of rotatable bonds is 7. The zero-order valence-electron chi connectivity index (χ0n) is 12.8. The van der Waals surface area contributed by atoms with Crippen molar-refractivity contribution in [1.29, 1.82) is 0 Å². The first kappa shape index (κ1) is 17.6. The number of carbonyl (C=O) groups is 2. The Kier molecular flexibility index (Phi) is 6.03. The van der Waals surface area contributed by atoms with E-state index in [1.165, 1.54) is 12.1 Å². The zero-order chi connectivity index (χ0) is 16.9. The molecular formula is C15H20N2O5. The second-order valence-corrected chi connectivity index (χ2v) is 5.58. The Hall–Kier alpha value is -2.44. The average Bonchev–Trinajstić information content (AvgIpc) is 2.39. The van der Waals surface area contributed by atoms with Gasteiger partial charge in [0.1, 0.15) is 6.04 Å². The maximum atomic E-state index is 12.0. The Morgan fingerprint density at radius 3 is 2.50 bits per heavy atom. The van der Waals surface area contributed by atoms with Gasteiger partial charge in [0.2, 0.25) is 5.91 Å². The number of amides is 1. The molecule has 7 nitrogen and oxygen atoms in total. The van der Waals surface area contributed by atoms with Crippen molar-refractivity contribution in [3.63, 3.8) is 0 Å². The van der Waals surface area contributed by atoms with E-state index in [4.69, 9.17) is 5.11 Å². The molecule has 0 aromatic heterocycles. The molecule has 7 heteroatoms. The van der Waals surface area contributed by atoms with Crippen molar-refractivity contribution in [2.45, 2.75) is 39.7 Å². The Labute approximate surface area is 128 Å². The van der Waals surface area contributed by atoms with Gasteiger partial charge in [0.15, 0.2) is 0 Å². The molecule has 0 aliphatic carbocycles. The summed E-state index contributed by atoms with van der Waals surface area (Å²) in [5, 5.41) is 22.4. The third kappa shape index (κ3) is 4.83. The molecule has 120 valence electrons. The van der Waals surface area contributed by atoms with Gasteiger partial charge in [0, 0.05) is 11.6 Å². The highest BCUT2D eigenvalue weighted by atomic mass is 16.6. The fraction of sp³-hybridized carbons (Fsp3) is 0.467. The van der Waals surface area contributed by atoms with Gasteiger partial charge in [-0.15, -0.1) is 0 Å². The molecular weight excluding hydrogens is 288 g/mol. The number of benzene rings is 1. The molecule has 0 unspecified atom stereocenters. The van der Waals surface area contributed by atoms with Crippen LogP contribution in [0.15, 0.2) is 18.2 Å². The lowest BCUT2D eigenvalue weighted by Gasteiger charge is -2.16. The first-order valence-corrected chi connectivity index (χ1v) is 6.97. The number of aliphatic carboxylic acids is 1. The van der Waals surface area contributed by atoms with Crippen LogP contribution in [0.1, 0.15) is 31.4 Å². The maximum Gasteiger partial charge on any atom is 0.326 e. The van der Waals surface area contributed by atoms with E-state index in [2.05, 4.69) is 5.32 Å². The predicted molar refractivity (Wildman–Crippen MR) is 80.6 cm³/mol. The molecule has 0 bridgehead atoms. The van der Waals surface area contributed by atoms with E-state index in [1.54, 1.807) is 13.0 Å². The van der Waals surface area contributed by atoms with Gasteiger partial charge in [-0.25, -0.2) is 4.79 Å². The number of nitro groups is 1. The van der Waals surface area contributed by atoms with Gasteiger partial charge < -0.3 is 10.4 Å². The van der Waals surface area contributed by atoms with E-state index in [0.717, 1.165) is 0 Å². The number of nitro benzene ring substituents is 1. The molecule has 0 spiro atoms. The number of carbonyl (C=O) groups excluding carboxylic acids is 1. The molecule has 1 atom stereocenters. The fourth-order valence-corrected chi connectivity index (χ4v) is 2.17. The van der Waals surface area contributed by atoms with E-state index in [1.807, 2.05) is 13.8 Å². The molecule has 0 fully saturated rings. The van der Waals surface area contributed by atoms with Crippen molar-refractivity contribution >= 4 is 17.6 Å². The summed E-state index contributed by atoms with van der Waals surface area (Å²) in [6.07, 6.45) is 0.240. The molecule has 0 saturated carbocycles. The number of hydrogen-bond acceptors (Lipinski definition) is 4. The maximum absolute atomic E-state index is 12.0. The number of carboxylic acids is 1. The van der Waals surface area contributed by atoms with Crippen LogP contribution in [-0.2, 0) is 16.0 Å². The highest BCUT2D eigenvalue weighted by Crippen LogP contribution is 2.21. The summed E-state index contributed by atoms with van der Waals surface area (Å²) < 4.78 is 0. The largest absolute Gasteiger partial charge is 0.480 e. The van der Waals surface area contributed by atoms with Crippen LogP contribution in [0.3, 0.4) is 0 Å². The molecule has 0 aliphatic rings. The molecule has 0 heterocycles. The Morgan fingerprint density at radius 1 is 1.36 bits per heavy atom. The molecule has 0 aliphatic heterocycles. The highest BCUT2D eigenvalue weighted by molar-refractivity contribution is 5.85. The Morgan fingerprint density at radius 2 is 2.00 bits per heavy atom. The van der Waals surface area contributed by atoms with Crippen molar-refractivity contribution in [2.75, 3.05) is 0 Å². The summed E-state index contributed by atoms with van der Waals surface area (Å²) in [5.41, 5.74) is 0.876. The minimum Gasteiger partial charge on any atom is -0.480 e. The molecule has 1 rings (SSSR count). The van der Waals surface area contributed by atoms with Gasteiger partial charge in [-0.05, 0) is 24.8 Å². The van der Waals surface area contributed by atoms with E-state index in [0.29, 0.717) is 17.5 Å². The minimum atomic E-state index is -1.09. The molecule has 1 aromatic carbocycles. The van der Waals surface area contributed by atoms with E-state index < -0.39 is 22.8 Å². The van der Waals surface area contributed by atoms with E-state index in [-0.39, 0.29) is 18.0 Å². The van der Waals surface area contributed by atoms with Crippen molar-refractivity contribution in [3.05, 3.63) is 39.4 Å². The Balaban J connectivity index is 2.82. The van der Waals surface area contributed by atoms with Crippen molar-refractivity contribution in [2.24, 2.45) is 5.92 Å². The third-order valence-electron chi connectivity index (χ3n) is 3.31. The first-order valence-electron chi connectivity index (χ1n) is 6.97. The van der Waals surface area contributed by atoms with Crippen LogP contribution < -0.4 is 5.32 Å². The minimum absolute atomic E-state index is 0.0535. The summed E-state index contributed by atoms with van der Waals surface area (Å²) in [7, 11) is 0. The summed E-state index contributed by atoms with van der Waals surface area (Å²) in [6.45, 7) is 5.31. The van der Waals surface area contributed by atoms with Crippen molar-refractivity contribution in [1.82, 2.24) is 5.32 Å². The monoisotopic (exact) mass is 308 g/mol. The van der Waals surface area contributed by atoms with Gasteiger partial charge in [-0.2, -0.15) is 0 Å². The molecule has 1 amide bonds. The average molecular weight is 308 g/mol. The lowest BCUT2D eigenvalue weighted by atomic mass is 10.0. The van der Waals surface area contributed by atoms with Crippen LogP contribution in [0.2, 0.25) is 0 Å². The van der Waals surface area contributed by atoms with Gasteiger partial charge >= 0.3 is 5.97 Å². The second-order valence-electron chi connectivity index (χ2n) is 5.58. The Bertz CT molecular complexity index is 583. The van der Waals surface area contributed by atoms with Crippen LogP contribution in [0.5, 0.6) is 0 Å². The van der Waals surface area contributed by atoms with Crippen molar-refractivity contribution < 1.29 is 19.6 Å². The third-order valence-corrected chi connectivity index (χ3v) is 3.31. The highest BCUT2D eigenvalue weighted by Gasteiger charge is 2.22. The van der Waals surface area contributed by atoms with Crippen molar-refractivity contribution in [3.8, 4) is 0 Å². The van der Waals surface area contributed by atoms with Gasteiger partial charge in [-0.1, -0.05) is 26.0 Å². The zero-order valence-corrected chi connectivity index (χ0v) is 12.8. The standard InChI is InChI=1S/C15H20N2O5/c1-9(2)7-12(15(19)20)16-14(18)8-11-5-4-6-13(10(11)3)17(21)22/h4-6,9,12H,7-8H2,1-3H3,(H,16,18)(H,19,20)/t12-/m0/s1. The van der Waals surface area contributed by atoms with Gasteiger partial charge in [-0.3, -0.25) is 14.9 Å². The summed E-state index contributed by atoms with van der Waals surface area (Å²) in [4.78, 5) is 33.5.